The van der Waals surface area contributed by atoms with Gasteiger partial charge in [-0.1, -0.05) is 6.07 Å². The van der Waals surface area contributed by atoms with E-state index in [2.05, 4.69) is 5.32 Å². The summed E-state index contributed by atoms with van der Waals surface area (Å²) in [5.41, 5.74) is 7.89. The van der Waals surface area contributed by atoms with Crippen LogP contribution in [-0.2, 0) is 20.3 Å². The molecule has 2 unspecified atom stereocenters. The quantitative estimate of drug-likeness (QED) is 0.593. The maximum absolute atomic E-state index is 12.1. The van der Waals surface area contributed by atoms with Crippen LogP contribution in [0.3, 0.4) is 0 Å². The number of amides is 1. The van der Waals surface area contributed by atoms with E-state index in [4.69, 9.17) is 10.5 Å². The van der Waals surface area contributed by atoms with E-state index in [0.717, 1.165) is 5.56 Å². The van der Waals surface area contributed by atoms with Crippen molar-refractivity contribution in [2.45, 2.75) is 25.5 Å². The van der Waals surface area contributed by atoms with Crippen LogP contribution in [0.4, 0.5) is 11.4 Å². The third-order valence-electron chi connectivity index (χ3n) is 3.09. The predicted molar refractivity (Wildman–Crippen MR) is 83.2 cm³/mol. The molecule has 0 aromatic heterocycles. The maximum atomic E-state index is 12.1. The summed E-state index contributed by atoms with van der Waals surface area (Å²) >= 11 is 0. The minimum Gasteiger partial charge on any atom is -0.398 e. The molecule has 1 rings (SSSR count). The Morgan fingerprint density at radius 3 is 2.85 bits per heavy atom. The van der Waals surface area contributed by atoms with E-state index in [0.29, 0.717) is 30.2 Å². The van der Waals surface area contributed by atoms with E-state index in [1.807, 2.05) is 6.92 Å². The standard InChI is InChI=1S/C14H22N2O3S/c1-10-12(15)6-4-7-13(10)16-14(17)11(2)20(18)9-5-8-19-3/h4,6-7,11H,5,8-9,15H2,1-3H3,(H,16,17). The highest BCUT2D eigenvalue weighted by Gasteiger charge is 2.20. The number of carbonyl (C=O) groups is 1. The molecule has 1 aromatic carbocycles. The average molecular weight is 298 g/mol. The van der Waals surface area contributed by atoms with Gasteiger partial charge in [-0.3, -0.25) is 9.00 Å². The number of methoxy groups -OCH3 is 1. The second kappa shape index (κ2) is 8.01. The topological polar surface area (TPSA) is 81.4 Å². The Bertz CT molecular complexity index is 491. The second-order valence-electron chi connectivity index (χ2n) is 4.58. The molecule has 1 aromatic rings. The molecule has 0 aliphatic heterocycles. The summed E-state index contributed by atoms with van der Waals surface area (Å²) in [6, 6.07) is 5.33. The number of nitrogens with one attached hydrogen (secondary N) is 1. The van der Waals surface area contributed by atoms with Crippen LogP contribution in [0.15, 0.2) is 18.2 Å². The number of benzene rings is 1. The highest BCUT2D eigenvalue weighted by Crippen LogP contribution is 2.20. The Balaban J connectivity index is 2.61. The molecule has 5 nitrogen and oxygen atoms in total. The Morgan fingerprint density at radius 1 is 1.50 bits per heavy atom. The van der Waals surface area contributed by atoms with Crippen LogP contribution in [0.1, 0.15) is 18.9 Å². The Morgan fingerprint density at radius 2 is 2.20 bits per heavy atom. The van der Waals surface area contributed by atoms with Crippen LogP contribution in [-0.4, -0.2) is 34.8 Å². The Hall–Kier alpha value is -1.40. The third kappa shape index (κ3) is 4.61. The molecule has 0 saturated heterocycles. The molecule has 1 amide bonds. The highest BCUT2D eigenvalue weighted by atomic mass is 32.2. The van der Waals surface area contributed by atoms with Crippen molar-refractivity contribution in [1.29, 1.82) is 0 Å². The number of nitrogen functional groups attached to an aromatic ring is 1. The lowest BCUT2D eigenvalue weighted by atomic mass is 10.1. The third-order valence-corrected chi connectivity index (χ3v) is 4.78. The first kappa shape index (κ1) is 16.7. The Kier molecular flexibility index (Phi) is 6.67. The minimum absolute atomic E-state index is 0.255. The van der Waals surface area contributed by atoms with Gasteiger partial charge in [0, 0.05) is 41.6 Å². The van der Waals surface area contributed by atoms with Crippen LogP contribution in [0, 0.1) is 6.92 Å². The molecule has 0 spiro atoms. The summed E-state index contributed by atoms with van der Waals surface area (Å²) in [6.07, 6.45) is 0.679. The van der Waals surface area contributed by atoms with Gasteiger partial charge in [0.2, 0.25) is 5.91 Å². The fourth-order valence-electron chi connectivity index (χ4n) is 1.66. The van der Waals surface area contributed by atoms with Crippen molar-refractivity contribution in [1.82, 2.24) is 0 Å². The number of hydrogen-bond acceptors (Lipinski definition) is 4. The van der Waals surface area contributed by atoms with E-state index < -0.39 is 16.0 Å². The van der Waals surface area contributed by atoms with Crippen molar-refractivity contribution >= 4 is 28.1 Å². The Labute approximate surface area is 122 Å². The van der Waals surface area contributed by atoms with E-state index in [9.17, 15) is 9.00 Å². The monoisotopic (exact) mass is 298 g/mol. The summed E-state index contributed by atoms with van der Waals surface area (Å²) in [6.45, 7) is 4.06. The lowest BCUT2D eigenvalue weighted by molar-refractivity contribution is -0.115. The number of rotatable bonds is 7. The zero-order chi connectivity index (χ0) is 15.1. The van der Waals surface area contributed by atoms with Crippen LogP contribution >= 0.6 is 0 Å². The molecular formula is C14H22N2O3S. The summed E-state index contributed by atoms with van der Waals surface area (Å²) in [7, 11) is 0.394. The molecule has 0 heterocycles. The lowest BCUT2D eigenvalue weighted by Crippen LogP contribution is -2.30. The van der Waals surface area contributed by atoms with E-state index >= 15 is 0 Å². The summed E-state index contributed by atoms with van der Waals surface area (Å²) in [5, 5.41) is 2.22. The van der Waals surface area contributed by atoms with Crippen molar-refractivity contribution in [3.63, 3.8) is 0 Å². The summed E-state index contributed by atoms with van der Waals surface area (Å²) in [4.78, 5) is 12.1. The fourth-order valence-corrected chi connectivity index (χ4v) is 2.72. The van der Waals surface area contributed by atoms with Gasteiger partial charge in [0.1, 0.15) is 5.25 Å². The van der Waals surface area contributed by atoms with Crippen molar-refractivity contribution in [2.75, 3.05) is 30.5 Å². The van der Waals surface area contributed by atoms with Gasteiger partial charge in [0.25, 0.3) is 0 Å². The first-order valence-electron chi connectivity index (χ1n) is 6.49. The van der Waals surface area contributed by atoms with E-state index in [-0.39, 0.29) is 5.91 Å². The molecule has 3 N–H and O–H groups in total. The minimum atomic E-state index is -1.21. The van der Waals surface area contributed by atoms with Gasteiger partial charge >= 0.3 is 0 Å². The van der Waals surface area contributed by atoms with Gasteiger partial charge in [-0.2, -0.15) is 0 Å². The molecule has 6 heteroatoms. The normalized spacial score (nSPS) is 13.8. The van der Waals surface area contributed by atoms with Crippen LogP contribution in [0.5, 0.6) is 0 Å². The van der Waals surface area contributed by atoms with Gasteiger partial charge in [0.05, 0.1) is 0 Å². The molecule has 112 valence electrons. The number of carbonyl (C=O) groups excluding carboxylic acids is 1. The smallest absolute Gasteiger partial charge is 0.239 e. The zero-order valence-electron chi connectivity index (χ0n) is 12.1. The molecule has 0 fully saturated rings. The number of nitrogens with two attached hydrogens (primary N) is 1. The fraction of sp³-hybridized carbons (Fsp3) is 0.500. The van der Waals surface area contributed by atoms with Gasteiger partial charge in [0.15, 0.2) is 0 Å². The van der Waals surface area contributed by atoms with Gasteiger partial charge in [-0.15, -0.1) is 0 Å². The average Bonchev–Trinajstić information content (AvgIpc) is 2.43. The second-order valence-corrected chi connectivity index (χ2v) is 6.46. The summed E-state index contributed by atoms with van der Waals surface area (Å²) < 4.78 is 16.9. The van der Waals surface area contributed by atoms with E-state index in [1.165, 1.54) is 0 Å². The zero-order valence-corrected chi connectivity index (χ0v) is 13.0. The van der Waals surface area contributed by atoms with Gasteiger partial charge in [-0.25, -0.2) is 0 Å². The number of hydrogen-bond donors (Lipinski definition) is 2. The summed E-state index contributed by atoms with van der Waals surface area (Å²) in [5.74, 6) is 0.202. The highest BCUT2D eigenvalue weighted by molar-refractivity contribution is 7.86. The van der Waals surface area contributed by atoms with Crippen molar-refractivity contribution < 1.29 is 13.7 Å². The molecular weight excluding hydrogens is 276 g/mol. The van der Waals surface area contributed by atoms with Crippen LogP contribution in [0.25, 0.3) is 0 Å². The number of anilines is 2. The SMILES string of the molecule is COCCCS(=O)C(C)C(=O)Nc1cccc(N)c1C. The maximum Gasteiger partial charge on any atom is 0.239 e. The first-order valence-corrected chi connectivity index (χ1v) is 7.87. The molecule has 0 saturated carbocycles. The van der Waals surface area contributed by atoms with Crippen molar-refractivity contribution in [3.05, 3.63) is 23.8 Å². The molecule has 2 atom stereocenters. The molecule has 0 radical (unpaired) electrons. The van der Waals surface area contributed by atoms with E-state index in [1.54, 1.807) is 32.2 Å². The first-order chi connectivity index (χ1) is 9.47. The van der Waals surface area contributed by atoms with Crippen molar-refractivity contribution in [3.8, 4) is 0 Å². The molecule has 0 aliphatic carbocycles. The van der Waals surface area contributed by atoms with Gasteiger partial charge in [-0.05, 0) is 38.0 Å². The molecule has 20 heavy (non-hydrogen) atoms. The molecule has 0 bridgehead atoms. The van der Waals surface area contributed by atoms with Crippen LogP contribution < -0.4 is 11.1 Å². The van der Waals surface area contributed by atoms with Crippen molar-refractivity contribution in [2.24, 2.45) is 0 Å². The lowest BCUT2D eigenvalue weighted by Gasteiger charge is -2.14. The van der Waals surface area contributed by atoms with Gasteiger partial charge < -0.3 is 15.8 Å². The number of ether oxygens (including phenoxy) is 1. The largest absolute Gasteiger partial charge is 0.398 e. The van der Waals surface area contributed by atoms with Crippen LogP contribution in [0.2, 0.25) is 0 Å². The predicted octanol–water partition coefficient (Wildman–Crippen LogP) is 1.69. The molecule has 0 aliphatic rings.